The first-order valence-corrected chi connectivity index (χ1v) is 6.24. The fourth-order valence-corrected chi connectivity index (χ4v) is 3.16. The Bertz CT molecular complexity index is 382. The highest BCUT2D eigenvalue weighted by molar-refractivity contribution is 7.92. The fourth-order valence-electron chi connectivity index (χ4n) is 1.43. The molecule has 1 unspecified atom stereocenters. The Morgan fingerprint density at radius 2 is 2.00 bits per heavy atom. The third-order valence-electron chi connectivity index (χ3n) is 2.16. The number of rotatable bonds is 2. The number of hydrogen-bond donors (Lipinski definition) is 3. The first-order valence-electron chi connectivity index (χ1n) is 4.53. The lowest BCUT2D eigenvalue weighted by molar-refractivity contribution is 0.590. The number of hydrogen-bond acceptors (Lipinski definition) is 3. The Morgan fingerprint density at radius 1 is 1.33 bits per heavy atom. The maximum absolute atomic E-state index is 11.4. The summed E-state index contributed by atoms with van der Waals surface area (Å²) in [5.74, 6) is -0.0438. The first-order chi connectivity index (χ1) is 6.92. The molecule has 0 radical (unpaired) electrons. The summed E-state index contributed by atoms with van der Waals surface area (Å²) >= 11 is 0. The quantitative estimate of drug-likeness (QED) is 0.380. The van der Waals surface area contributed by atoms with Gasteiger partial charge in [-0.3, -0.25) is 4.99 Å². The van der Waals surface area contributed by atoms with Crippen LogP contribution in [0.3, 0.4) is 0 Å². The van der Waals surface area contributed by atoms with Crippen LogP contribution in [0.15, 0.2) is 9.98 Å². The Hall–Kier alpha value is -1.31. The van der Waals surface area contributed by atoms with E-state index in [1.807, 2.05) is 0 Å². The minimum atomic E-state index is -2.98. The van der Waals surface area contributed by atoms with Crippen LogP contribution in [0.1, 0.15) is 12.8 Å². The van der Waals surface area contributed by atoms with Crippen LogP contribution in [0.5, 0.6) is 0 Å². The monoisotopic (exact) mass is 233 g/mol. The highest BCUT2D eigenvalue weighted by atomic mass is 32.2. The van der Waals surface area contributed by atoms with Gasteiger partial charge in [-0.25, -0.2) is 8.42 Å². The van der Waals surface area contributed by atoms with Gasteiger partial charge in [0.25, 0.3) is 0 Å². The van der Waals surface area contributed by atoms with Gasteiger partial charge in [0.1, 0.15) is 0 Å². The molecule has 0 saturated carbocycles. The van der Waals surface area contributed by atoms with Gasteiger partial charge in [0.05, 0.1) is 17.5 Å². The van der Waals surface area contributed by atoms with E-state index in [4.69, 9.17) is 17.2 Å². The molecule has 0 spiro atoms. The van der Waals surface area contributed by atoms with E-state index >= 15 is 0 Å². The van der Waals surface area contributed by atoms with Gasteiger partial charge in [0.15, 0.2) is 15.8 Å². The maximum atomic E-state index is 11.4. The molecule has 0 amide bonds. The zero-order valence-corrected chi connectivity index (χ0v) is 9.07. The molecule has 0 aromatic rings. The summed E-state index contributed by atoms with van der Waals surface area (Å²) in [4.78, 5) is 7.30. The van der Waals surface area contributed by atoms with E-state index in [1.54, 1.807) is 0 Å². The fraction of sp³-hybridized carbons (Fsp3) is 0.714. The smallest absolute Gasteiger partial charge is 0.218 e. The van der Waals surface area contributed by atoms with Crippen molar-refractivity contribution < 1.29 is 8.42 Å². The molecule has 7 nitrogen and oxygen atoms in total. The van der Waals surface area contributed by atoms with E-state index in [-0.39, 0.29) is 24.2 Å². The van der Waals surface area contributed by atoms with Crippen LogP contribution in [0.25, 0.3) is 0 Å². The van der Waals surface area contributed by atoms with Gasteiger partial charge >= 0.3 is 0 Å². The van der Waals surface area contributed by atoms with Crippen LogP contribution in [0.4, 0.5) is 0 Å². The minimum absolute atomic E-state index is 0.0860. The van der Waals surface area contributed by atoms with Crippen LogP contribution in [-0.4, -0.2) is 37.9 Å². The van der Waals surface area contributed by atoms with E-state index in [9.17, 15) is 8.42 Å². The van der Waals surface area contributed by atoms with Gasteiger partial charge in [-0.2, -0.15) is 4.99 Å². The highest BCUT2D eigenvalue weighted by Crippen LogP contribution is 2.19. The third-order valence-corrected chi connectivity index (χ3v) is 4.42. The first kappa shape index (κ1) is 11.8. The highest BCUT2D eigenvalue weighted by Gasteiger charge is 2.30. The van der Waals surface area contributed by atoms with Crippen molar-refractivity contribution in [2.45, 2.75) is 18.1 Å². The molecular weight excluding hydrogens is 218 g/mol. The van der Waals surface area contributed by atoms with E-state index < -0.39 is 15.1 Å². The van der Waals surface area contributed by atoms with Crippen molar-refractivity contribution >= 4 is 21.8 Å². The summed E-state index contributed by atoms with van der Waals surface area (Å²) in [5.41, 5.74) is 15.5. The van der Waals surface area contributed by atoms with Gasteiger partial charge in [-0.05, 0) is 12.8 Å². The van der Waals surface area contributed by atoms with Crippen molar-refractivity contribution in [3.63, 3.8) is 0 Å². The molecule has 1 aliphatic rings. The lowest BCUT2D eigenvalue weighted by Gasteiger charge is -2.04. The normalized spacial score (nSPS) is 25.1. The topological polar surface area (TPSA) is 137 Å². The molecular formula is C7H15N5O2S. The summed E-state index contributed by atoms with van der Waals surface area (Å²) in [6.07, 6.45) is 1.31. The summed E-state index contributed by atoms with van der Waals surface area (Å²) in [7, 11) is -2.98. The summed E-state index contributed by atoms with van der Waals surface area (Å²) in [6, 6.07) is 0. The summed E-state index contributed by atoms with van der Waals surface area (Å²) in [6.45, 7) is 0.130. The average molecular weight is 233 g/mol. The van der Waals surface area contributed by atoms with Gasteiger partial charge in [-0.1, -0.05) is 0 Å². The second-order valence-corrected chi connectivity index (χ2v) is 5.77. The van der Waals surface area contributed by atoms with Gasteiger partial charge in [0, 0.05) is 0 Å². The molecule has 1 aliphatic heterocycles. The van der Waals surface area contributed by atoms with Crippen LogP contribution in [0.2, 0.25) is 0 Å². The molecule has 0 bridgehead atoms. The number of sulfone groups is 1. The number of nitrogens with two attached hydrogens (primary N) is 3. The molecule has 1 atom stereocenters. The van der Waals surface area contributed by atoms with E-state index in [0.717, 1.165) is 0 Å². The number of aliphatic imine (C=N–C) groups is 2. The second-order valence-electron chi connectivity index (χ2n) is 3.37. The van der Waals surface area contributed by atoms with Crippen molar-refractivity contribution in [3.05, 3.63) is 0 Å². The van der Waals surface area contributed by atoms with Crippen molar-refractivity contribution in [1.29, 1.82) is 0 Å². The third kappa shape index (κ3) is 3.39. The molecule has 1 rings (SSSR count). The van der Waals surface area contributed by atoms with Crippen LogP contribution >= 0.6 is 0 Å². The molecule has 0 aliphatic carbocycles. The maximum Gasteiger partial charge on any atom is 0.218 e. The molecule has 1 heterocycles. The van der Waals surface area contributed by atoms with Gasteiger partial charge in [0.2, 0.25) is 5.96 Å². The van der Waals surface area contributed by atoms with Crippen LogP contribution in [-0.2, 0) is 9.84 Å². The lowest BCUT2D eigenvalue weighted by atomic mass is 10.2. The molecule has 0 aromatic carbocycles. The molecule has 6 N–H and O–H groups in total. The molecule has 15 heavy (non-hydrogen) atoms. The predicted molar refractivity (Wildman–Crippen MR) is 59.1 cm³/mol. The van der Waals surface area contributed by atoms with Crippen molar-refractivity contribution in [2.75, 3.05) is 12.3 Å². The predicted octanol–water partition coefficient (Wildman–Crippen LogP) is -1.85. The molecule has 1 saturated heterocycles. The van der Waals surface area contributed by atoms with Crippen LogP contribution in [0, 0.1) is 0 Å². The van der Waals surface area contributed by atoms with E-state index in [2.05, 4.69) is 9.98 Å². The van der Waals surface area contributed by atoms with Gasteiger partial charge < -0.3 is 17.2 Å². The number of guanidine groups is 2. The van der Waals surface area contributed by atoms with Crippen molar-refractivity contribution in [3.8, 4) is 0 Å². The Balaban J connectivity index is 2.61. The van der Waals surface area contributed by atoms with E-state index in [0.29, 0.717) is 12.8 Å². The Labute approximate surface area is 88.4 Å². The van der Waals surface area contributed by atoms with Crippen molar-refractivity contribution in [2.24, 2.45) is 27.2 Å². The summed E-state index contributed by atoms with van der Waals surface area (Å²) < 4.78 is 22.8. The van der Waals surface area contributed by atoms with Gasteiger partial charge in [-0.15, -0.1) is 0 Å². The summed E-state index contributed by atoms with van der Waals surface area (Å²) in [5, 5.41) is -0.440. The molecule has 0 aromatic heterocycles. The zero-order chi connectivity index (χ0) is 11.5. The average Bonchev–Trinajstić information content (AvgIpc) is 2.40. The van der Waals surface area contributed by atoms with Crippen molar-refractivity contribution in [1.82, 2.24) is 0 Å². The molecule has 8 heteroatoms. The van der Waals surface area contributed by atoms with Crippen LogP contribution < -0.4 is 17.2 Å². The molecule has 1 fully saturated rings. The zero-order valence-electron chi connectivity index (χ0n) is 8.26. The standard InChI is InChI=1S/C7H15N5O2S/c8-6(9)12-7(10)11-4-5-2-1-3-15(5,13)14/h5H,1-4H2,(H6,8,9,10,11,12). The molecule has 86 valence electrons. The minimum Gasteiger partial charge on any atom is -0.370 e. The number of nitrogens with zero attached hydrogens (tertiary/aromatic N) is 2. The largest absolute Gasteiger partial charge is 0.370 e. The lowest BCUT2D eigenvalue weighted by Crippen LogP contribution is -2.27. The van der Waals surface area contributed by atoms with E-state index in [1.165, 1.54) is 0 Å². The second kappa shape index (κ2) is 4.47. The Morgan fingerprint density at radius 3 is 2.47 bits per heavy atom. The SMILES string of the molecule is NC(N)=NC(N)=NCC1CCCS1(=O)=O. The Kier molecular flexibility index (Phi) is 3.51.